The Morgan fingerprint density at radius 1 is 1.11 bits per heavy atom. The molecule has 1 aromatic heterocycles. The zero-order valence-electron chi connectivity index (χ0n) is 17.1. The summed E-state index contributed by atoms with van der Waals surface area (Å²) in [4.78, 5) is 12.9. The minimum atomic E-state index is 0.666. The molecule has 6 heteroatoms. The Kier molecular flexibility index (Phi) is 9.28. The van der Waals surface area contributed by atoms with Crippen LogP contribution in [0, 0.1) is 0 Å². The van der Waals surface area contributed by atoms with Crippen LogP contribution in [0.3, 0.4) is 0 Å². The smallest absolute Gasteiger partial charge is 0.191 e. The fourth-order valence-electron chi connectivity index (χ4n) is 2.80. The summed E-state index contributed by atoms with van der Waals surface area (Å²) in [6.45, 7) is 14.0. The standard InChI is InChI=1S/C21H33N5S/c1-5-19-14-23-20(27-19)15-25-21(22-6-2)24-13-17-10-9-11-18(12-17)16-26(7-3)8-4/h9-12,14H,5-8,13,15-16H2,1-4H3,(H2,22,24,25). The first-order chi connectivity index (χ1) is 13.2. The minimum absolute atomic E-state index is 0.666. The second-order valence-electron chi connectivity index (χ2n) is 6.40. The first-order valence-corrected chi connectivity index (χ1v) is 10.8. The average Bonchev–Trinajstić information content (AvgIpc) is 3.16. The molecule has 0 saturated carbocycles. The maximum Gasteiger partial charge on any atom is 0.191 e. The normalized spacial score (nSPS) is 11.8. The van der Waals surface area contributed by atoms with Gasteiger partial charge in [0, 0.05) is 24.2 Å². The third kappa shape index (κ3) is 7.31. The van der Waals surface area contributed by atoms with E-state index in [1.165, 1.54) is 16.0 Å². The van der Waals surface area contributed by atoms with E-state index in [0.29, 0.717) is 13.1 Å². The highest BCUT2D eigenvalue weighted by molar-refractivity contribution is 7.11. The number of aromatic nitrogens is 1. The molecule has 2 aromatic rings. The molecule has 2 rings (SSSR count). The van der Waals surface area contributed by atoms with Crippen molar-refractivity contribution in [2.24, 2.45) is 4.99 Å². The van der Waals surface area contributed by atoms with Crippen LogP contribution in [-0.4, -0.2) is 35.5 Å². The third-order valence-corrected chi connectivity index (χ3v) is 5.55. The summed E-state index contributed by atoms with van der Waals surface area (Å²) >= 11 is 1.76. The number of rotatable bonds is 10. The van der Waals surface area contributed by atoms with Crippen molar-refractivity contribution < 1.29 is 0 Å². The van der Waals surface area contributed by atoms with Gasteiger partial charge < -0.3 is 10.6 Å². The Labute approximate surface area is 167 Å². The van der Waals surface area contributed by atoms with E-state index < -0.39 is 0 Å². The number of nitrogens with zero attached hydrogens (tertiary/aromatic N) is 3. The van der Waals surface area contributed by atoms with E-state index in [9.17, 15) is 0 Å². The molecule has 0 atom stereocenters. The molecule has 0 fully saturated rings. The molecular weight excluding hydrogens is 354 g/mol. The van der Waals surface area contributed by atoms with E-state index in [4.69, 9.17) is 4.99 Å². The SMILES string of the molecule is CCNC(=NCc1cccc(CN(CC)CC)c1)NCc1ncc(CC)s1. The molecule has 0 aliphatic carbocycles. The van der Waals surface area contributed by atoms with Crippen LogP contribution in [0.15, 0.2) is 35.5 Å². The maximum absolute atomic E-state index is 4.74. The Hall–Kier alpha value is -1.92. The number of guanidine groups is 1. The second-order valence-corrected chi connectivity index (χ2v) is 7.60. The molecule has 2 N–H and O–H groups in total. The Balaban J connectivity index is 1.96. The van der Waals surface area contributed by atoms with E-state index in [2.05, 4.69) is 72.5 Å². The van der Waals surface area contributed by atoms with Gasteiger partial charge >= 0.3 is 0 Å². The fraction of sp³-hybridized carbons (Fsp3) is 0.524. The van der Waals surface area contributed by atoms with Crippen molar-refractivity contribution in [3.8, 4) is 0 Å². The Morgan fingerprint density at radius 2 is 1.89 bits per heavy atom. The fourth-order valence-corrected chi connectivity index (χ4v) is 3.60. The van der Waals surface area contributed by atoms with Crippen LogP contribution >= 0.6 is 11.3 Å². The number of thiazole rings is 1. The molecule has 27 heavy (non-hydrogen) atoms. The minimum Gasteiger partial charge on any atom is -0.357 e. The van der Waals surface area contributed by atoms with Crippen molar-refractivity contribution in [2.45, 2.75) is 53.8 Å². The van der Waals surface area contributed by atoms with Gasteiger partial charge in [0.2, 0.25) is 0 Å². The molecule has 0 aliphatic heterocycles. The van der Waals surface area contributed by atoms with Crippen LogP contribution < -0.4 is 10.6 Å². The molecule has 0 spiro atoms. The lowest BCUT2D eigenvalue weighted by atomic mass is 10.1. The highest BCUT2D eigenvalue weighted by Gasteiger charge is 2.04. The van der Waals surface area contributed by atoms with Gasteiger partial charge in [-0.25, -0.2) is 9.98 Å². The van der Waals surface area contributed by atoms with E-state index in [1.807, 2.05) is 6.20 Å². The van der Waals surface area contributed by atoms with Crippen LogP contribution in [0.4, 0.5) is 0 Å². The number of aliphatic imine (C=N–C) groups is 1. The number of nitrogens with one attached hydrogen (secondary N) is 2. The van der Waals surface area contributed by atoms with Crippen LogP contribution in [-0.2, 0) is 26.1 Å². The first-order valence-electron chi connectivity index (χ1n) is 9.94. The van der Waals surface area contributed by atoms with Gasteiger partial charge in [0.05, 0.1) is 13.1 Å². The summed E-state index contributed by atoms with van der Waals surface area (Å²) in [6.07, 6.45) is 3.00. The summed E-state index contributed by atoms with van der Waals surface area (Å²) in [5.74, 6) is 0.833. The van der Waals surface area contributed by atoms with Crippen LogP contribution in [0.1, 0.15) is 48.7 Å². The molecule has 1 heterocycles. The molecule has 0 bridgehead atoms. The zero-order chi connectivity index (χ0) is 19.5. The van der Waals surface area contributed by atoms with Crippen molar-refractivity contribution in [2.75, 3.05) is 19.6 Å². The molecule has 0 amide bonds. The van der Waals surface area contributed by atoms with Gasteiger partial charge in [-0.2, -0.15) is 0 Å². The lowest BCUT2D eigenvalue weighted by Gasteiger charge is -2.18. The number of hydrogen-bond donors (Lipinski definition) is 2. The molecular formula is C21H33N5S. The van der Waals surface area contributed by atoms with Gasteiger partial charge in [-0.05, 0) is 37.6 Å². The van der Waals surface area contributed by atoms with Crippen molar-refractivity contribution in [3.63, 3.8) is 0 Å². The zero-order valence-corrected chi connectivity index (χ0v) is 17.9. The number of hydrogen-bond acceptors (Lipinski definition) is 4. The van der Waals surface area contributed by atoms with Gasteiger partial charge in [0.15, 0.2) is 5.96 Å². The predicted molar refractivity (Wildman–Crippen MR) is 116 cm³/mol. The highest BCUT2D eigenvalue weighted by atomic mass is 32.1. The van der Waals surface area contributed by atoms with Crippen LogP contribution in [0.2, 0.25) is 0 Å². The monoisotopic (exact) mass is 387 g/mol. The van der Waals surface area contributed by atoms with Crippen LogP contribution in [0.5, 0.6) is 0 Å². The largest absolute Gasteiger partial charge is 0.357 e. The van der Waals surface area contributed by atoms with E-state index >= 15 is 0 Å². The molecule has 0 unspecified atom stereocenters. The van der Waals surface area contributed by atoms with Crippen molar-refractivity contribution in [3.05, 3.63) is 51.5 Å². The van der Waals surface area contributed by atoms with E-state index in [0.717, 1.165) is 43.6 Å². The molecule has 5 nitrogen and oxygen atoms in total. The Morgan fingerprint density at radius 3 is 2.56 bits per heavy atom. The van der Waals surface area contributed by atoms with Gasteiger partial charge in [-0.1, -0.05) is 45.0 Å². The lowest BCUT2D eigenvalue weighted by Crippen LogP contribution is -2.36. The molecule has 1 aromatic carbocycles. The summed E-state index contributed by atoms with van der Waals surface area (Å²) in [6, 6.07) is 8.74. The second kappa shape index (κ2) is 11.7. The highest BCUT2D eigenvalue weighted by Crippen LogP contribution is 2.13. The molecule has 0 radical (unpaired) electrons. The average molecular weight is 388 g/mol. The quantitative estimate of drug-likeness (QED) is 0.481. The molecule has 0 saturated heterocycles. The summed E-state index contributed by atoms with van der Waals surface area (Å²) in [7, 11) is 0. The van der Waals surface area contributed by atoms with E-state index in [-0.39, 0.29) is 0 Å². The molecule has 0 aliphatic rings. The first kappa shape index (κ1) is 21.4. The summed E-state index contributed by atoms with van der Waals surface area (Å²) < 4.78 is 0. The van der Waals surface area contributed by atoms with Crippen molar-refractivity contribution in [1.82, 2.24) is 20.5 Å². The van der Waals surface area contributed by atoms with Crippen molar-refractivity contribution in [1.29, 1.82) is 0 Å². The van der Waals surface area contributed by atoms with Gasteiger partial charge in [0.1, 0.15) is 5.01 Å². The van der Waals surface area contributed by atoms with Crippen LogP contribution in [0.25, 0.3) is 0 Å². The van der Waals surface area contributed by atoms with E-state index in [1.54, 1.807) is 11.3 Å². The summed E-state index contributed by atoms with van der Waals surface area (Å²) in [5, 5.41) is 7.80. The van der Waals surface area contributed by atoms with Gasteiger partial charge in [-0.3, -0.25) is 4.90 Å². The Bertz CT molecular complexity index is 706. The number of benzene rings is 1. The van der Waals surface area contributed by atoms with Crippen molar-refractivity contribution >= 4 is 17.3 Å². The topological polar surface area (TPSA) is 52.6 Å². The maximum atomic E-state index is 4.74. The molecule has 148 valence electrons. The van der Waals surface area contributed by atoms with Gasteiger partial charge in [0.25, 0.3) is 0 Å². The third-order valence-electron chi connectivity index (χ3n) is 4.41. The van der Waals surface area contributed by atoms with Gasteiger partial charge in [-0.15, -0.1) is 11.3 Å². The number of aryl methyl sites for hydroxylation is 1. The summed E-state index contributed by atoms with van der Waals surface area (Å²) in [5.41, 5.74) is 2.58. The predicted octanol–water partition coefficient (Wildman–Crippen LogP) is 3.80. The lowest BCUT2D eigenvalue weighted by molar-refractivity contribution is 0.296.